The normalized spacial score (nSPS) is 11.4. The Labute approximate surface area is 86.0 Å². The lowest BCUT2D eigenvalue weighted by Gasteiger charge is -1.99. The molecule has 0 fully saturated rings. The molecule has 2 N–H and O–H groups in total. The van der Waals surface area contributed by atoms with E-state index in [0.717, 1.165) is 5.56 Å². The van der Waals surface area contributed by atoms with E-state index in [1.807, 2.05) is 12.2 Å². The van der Waals surface area contributed by atoms with Crippen LogP contribution in [0.2, 0.25) is 0 Å². The number of hydrogen-bond donors (Lipinski definition) is 1. The summed E-state index contributed by atoms with van der Waals surface area (Å²) in [5.74, 6) is -2.36. The summed E-state index contributed by atoms with van der Waals surface area (Å²) in [4.78, 5) is 0.574. The molecule has 0 aliphatic heterocycles. The van der Waals surface area contributed by atoms with Gasteiger partial charge < -0.3 is 5.73 Å². The lowest BCUT2D eigenvalue weighted by Crippen LogP contribution is -1.91. The number of hydrogen-bond acceptors (Lipinski definition) is 2. The van der Waals surface area contributed by atoms with Crippen molar-refractivity contribution in [2.45, 2.75) is 10.7 Å². The zero-order valence-corrected chi connectivity index (χ0v) is 8.31. The van der Waals surface area contributed by atoms with Crippen molar-refractivity contribution in [2.75, 3.05) is 6.54 Å². The Kier molecular flexibility index (Phi) is 4.62. The molecule has 14 heavy (non-hydrogen) atoms. The van der Waals surface area contributed by atoms with Gasteiger partial charge in [0.05, 0.1) is 0 Å². The Hall–Kier alpha value is -0.870. The largest absolute Gasteiger partial charge is 0.327 e. The molecule has 0 amide bonds. The molecular formula is C10H11F2NS. The molecule has 76 valence electrons. The van der Waals surface area contributed by atoms with Gasteiger partial charge in [0.25, 0.3) is 5.76 Å². The summed E-state index contributed by atoms with van der Waals surface area (Å²) in [7, 11) is 0. The molecule has 0 bridgehead atoms. The fourth-order valence-corrected chi connectivity index (χ4v) is 1.46. The third-order valence-electron chi connectivity index (χ3n) is 1.55. The van der Waals surface area contributed by atoms with E-state index in [0.29, 0.717) is 23.2 Å². The van der Waals surface area contributed by atoms with Crippen LogP contribution in [-0.2, 0) is 0 Å². The van der Waals surface area contributed by atoms with Crippen molar-refractivity contribution in [3.8, 4) is 0 Å². The summed E-state index contributed by atoms with van der Waals surface area (Å²) in [6, 6.07) is 6.92. The highest BCUT2D eigenvalue weighted by Crippen LogP contribution is 2.25. The van der Waals surface area contributed by atoms with E-state index >= 15 is 0 Å². The van der Waals surface area contributed by atoms with Gasteiger partial charge in [-0.1, -0.05) is 36.0 Å². The van der Waals surface area contributed by atoms with Crippen LogP contribution in [0.1, 0.15) is 5.56 Å². The van der Waals surface area contributed by atoms with Crippen molar-refractivity contribution in [3.63, 3.8) is 0 Å². The Bertz CT molecular complexity index is 295. The van der Waals surface area contributed by atoms with Crippen LogP contribution in [0.5, 0.6) is 0 Å². The molecule has 1 nitrogen and oxygen atoms in total. The number of benzene rings is 1. The van der Waals surface area contributed by atoms with Crippen molar-refractivity contribution >= 4 is 17.8 Å². The Balaban J connectivity index is 2.64. The van der Waals surface area contributed by atoms with Gasteiger partial charge in [0, 0.05) is 11.4 Å². The van der Waals surface area contributed by atoms with Crippen molar-refractivity contribution in [2.24, 2.45) is 5.73 Å². The third-order valence-corrected chi connectivity index (χ3v) is 2.27. The van der Waals surface area contributed by atoms with Crippen LogP contribution in [0.3, 0.4) is 0 Å². The first kappa shape index (κ1) is 11.2. The van der Waals surface area contributed by atoms with Crippen LogP contribution in [0.25, 0.3) is 6.08 Å². The minimum atomic E-state index is -2.36. The quantitative estimate of drug-likeness (QED) is 0.781. The van der Waals surface area contributed by atoms with Gasteiger partial charge in [-0.05, 0) is 17.7 Å². The van der Waals surface area contributed by atoms with Gasteiger partial charge in [0.1, 0.15) is 0 Å². The lowest BCUT2D eigenvalue weighted by atomic mass is 10.2. The van der Waals surface area contributed by atoms with Gasteiger partial charge in [0.2, 0.25) is 0 Å². The number of alkyl halides is 2. The van der Waals surface area contributed by atoms with Crippen LogP contribution in [0, 0.1) is 0 Å². The number of rotatable bonds is 4. The standard InChI is InChI=1S/C10H11F2NS/c11-10(12)14-9-5-3-8(4-6-9)2-1-7-13/h1-6,10H,7,13H2/b2-1+. The maximum atomic E-state index is 12.0. The van der Waals surface area contributed by atoms with Gasteiger partial charge in [0.15, 0.2) is 0 Å². The molecule has 0 saturated carbocycles. The summed E-state index contributed by atoms with van der Waals surface area (Å²) in [6.45, 7) is 0.480. The first-order chi connectivity index (χ1) is 6.72. The Morgan fingerprint density at radius 1 is 1.29 bits per heavy atom. The second-order valence-electron chi connectivity index (χ2n) is 2.59. The minimum Gasteiger partial charge on any atom is -0.327 e. The predicted octanol–water partition coefficient (Wildman–Crippen LogP) is 2.97. The zero-order valence-electron chi connectivity index (χ0n) is 7.49. The molecule has 0 heterocycles. The lowest BCUT2D eigenvalue weighted by molar-refractivity contribution is 0.252. The van der Waals surface area contributed by atoms with Crippen LogP contribution in [0.4, 0.5) is 8.78 Å². The minimum absolute atomic E-state index is 0.480. The van der Waals surface area contributed by atoms with E-state index in [4.69, 9.17) is 5.73 Å². The Morgan fingerprint density at radius 2 is 1.93 bits per heavy atom. The highest BCUT2D eigenvalue weighted by atomic mass is 32.2. The van der Waals surface area contributed by atoms with E-state index in [9.17, 15) is 8.78 Å². The molecule has 0 aliphatic rings. The summed E-state index contributed by atoms with van der Waals surface area (Å²) in [6.07, 6.45) is 3.67. The van der Waals surface area contributed by atoms with Crippen LogP contribution in [-0.4, -0.2) is 12.3 Å². The molecule has 0 spiro atoms. The number of halogens is 2. The van der Waals surface area contributed by atoms with E-state index < -0.39 is 5.76 Å². The molecule has 0 radical (unpaired) electrons. The van der Waals surface area contributed by atoms with E-state index in [2.05, 4.69) is 0 Å². The first-order valence-electron chi connectivity index (χ1n) is 4.14. The summed E-state index contributed by atoms with van der Waals surface area (Å²) >= 11 is 0.549. The van der Waals surface area contributed by atoms with Crippen molar-refractivity contribution in [3.05, 3.63) is 35.9 Å². The van der Waals surface area contributed by atoms with Crippen molar-refractivity contribution in [1.29, 1.82) is 0 Å². The smallest absolute Gasteiger partial charge is 0.288 e. The highest BCUT2D eigenvalue weighted by Gasteiger charge is 2.03. The van der Waals surface area contributed by atoms with Crippen LogP contribution in [0.15, 0.2) is 35.2 Å². The van der Waals surface area contributed by atoms with Crippen LogP contribution < -0.4 is 5.73 Å². The molecule has 0 atom stereocenters. The highest BCUT2D eigenvalue weighted by molar-refractivity contribution is 7.99. The topological polar surface area (TPSA) is 26.0 Å². The fraction of sp³-hybridized carbons (Fsp3) is 0.200. The molecule has 1 rings (SSSR count). The van der Waals surface area contributed by atoms with Gasteiger partial charge in [-0.15, -0.1) is 0 Å². The predicted molar refractivity (Wildman–Crippen MR) is 56.4 cm³/mol. The molecule has 4 heteroatoms. The molecule has 1 aromatic rings. The third kappa shape index (κ3) is 3.89. The fourth-order valence-electron chi connectivity index (χ4n) is 0.964. The van der Waals surface area contributed by atoms with Crippen molar-refractivity contribution < 1.29 is 8.78 Å². The van der Waals surface area contributed by atoms with E-state index in [-0.39, 0.29) is 0 Å². The summed E-state index contributed by atoms with van der Waals surface area (Å²) < 4.78 is 23.9. The maximum Gasteiger partial charge on any atom is 0.288 e. The average molecular weight is 215 g/mol. The van der Waals surface area contributed by atoms with Gasteiger partial charge in [-0.2, -0.15) is 8.78 Å². The molecule has 1 aromatic carbocycles. The van der Waals surface area contributed by atoms with E-state index in [1.54, 1.807) is 24.3 Å². The Morgan fingerprint density at radius 3 is 2.43 bits per heavy atom. The monoisotopic (exact) mass is 215 g/mol. The maximum absolute atomic E-state index is 12.0. The molecule has 0 saturated heterocycles. The second-order valence-corrected chi connectivity index (χ2v) is 3.65. The molecule has 0 aliphatic carbocycles. The number of nitrogens with two attached hydrogens (primary N) is 1. The van der Waals surface area contributed by atoms with Gasteiger partial charge >= 0.3 is 0 Å². The summed E-state index contributed by atoms with van der Waals surface area (Å²) in [5, 5.41) is 0. The molecule has 0 unspecified atom stereocenters. The van der Waals surface area contributed by atoms with E-state index in [1.165, 1.54) is 0 Å². The second kappa shape index (κ2) is 5.78. The molecular weight excluding hydrogens is 204 g/mol. The first-order valence-corrected chi connectivity index (χ1v) is 5.02. The average Bonchev–Trinajstić information content (AvgIpc) is 2.16. The van der Waals surface area contributed by atoms with Gasteiger partial charge in [-0.25, -0.2) is 0 Å². The summed E-state index contributed by atoms with van der Waals surface area (Å²) in [5.41, 5.74) is 6.25. The van der Waals surface area contributed by atoms with Crippen molar-refractivity contribution in [1.82, 2.24) is 0 Å². The SMILES string of the molecule is NC/C=C/c1ccc(SC(F)F)cc1. The van der Waals surface area contributed by atoms with Crippen LogP contribution >= 0.6 is 11.8 Å². The number of thioether (sulfide) groups is 1. The van der Waals surface area contributed by atoms with Gasteiger partial charge in [-0.3, -0.25) is 0 Å². The molecule has 0 aromatic heterocycles. The zero-order chi connectivity index (χ0) is 10.4.